The Balaban J connectivity index is 1.56. The molecule has 1 aromatic rings. The number of allylic oxidation sites excluding steroid dienone is 2. The van der Waals surface area contributed by atoms with E-state index in [9.17, 15) is 9.18 Å². The highest BCUT2D eigenvalue weighted by molar-refractivity contribution is 5.89. The van der Waals surface area contributed by atoms with Crippen molar-refractivity contribution in [1.29, 1.82) is 0 Å². The molecule has 0 radical (unpaired) electrons. The van der Waals surface area contributed by atoms with Crippen LogP contribution in [0.2, 0.25) is 0 Å². The fraction of sp³-hybridized carbons (Fsp3) is 0.400. The third-order valence-corrected chi connectivity index (χ3v) is 3.92. The summed E-state index contributed by atoms with van der Waals surface area (Å²) >= 11 is 0. The maximum absolute atomic E-state index is 12.7. The molecule has 2 nitrogen and oxygen atoms in total. The number of esters is 1. The summed E-state index contributed by atoms with van der Waals surface area (Å²) in [6.45, 7) is 0.474. The molecule has 2 aliphatic carbocycles. The molecule has 3 atom stereocenters. The highest BCUT2D eigenvalue weighted by atomic mass is 19.1. The van der Waals surface area contributed by atoms with Gasteiger partial charge in [-0.15, -0.1) is 0 Å². The molecule has 0 heterocycles. The largest absolute Gasteiger partial charge is 0.462 e. The first kappa shape index (κ1) is 11.5. The van der Waals surface area contributed by atoms with Crippen molar-refractivity contribution in [3.63, 3.8) is 0 Å². The van der Waals surface area contributed by atoms with Gasteiger partial charge in [0.25, 0.3) is 0 Å². The van der Waals surface area contributed by atoms with Gasteiger partial charge in [0.1, 0.15) is 5.82 Å². The smallest absolute Gasteiger partial charge is 0.338 e. The van der Waals surface area contributed by atoms with Gasteiger partial charge in [-0.1, -0.05) is 12.2 Å². The first-order valence-electron chi connectivity index (χ1n) is 6.33. The van der Waals surface area contributed by atoms with E-state index >= 15 is 0 Å². The van der Waals surface area contributed by atoms with Gasteiger partial charge in [-0.05, 0) is 54.9 Å². The normalized spacial score (nSPS) is 28.6. The van der Waals surface area contributed by atoms with Gasteiger partial charge < -0.3 is 4.74 Å². The Morgan fingerprint density at radius 3 is 2.61 bits per heavy atom. The topological polar surface area (TPSA) is 26.3 Å². The van der Waals surface area contributed by atoms with E-state index in [1.54, 1.807) is 0 Å². The summed E-state index contributed by atoms with van der Waals surface area (Å²) in [6.07, 6.45) is 6.84. The molecule has 0 saturated heterocycles. The van der Waals surface area contributed by atoms with Crippen LogP contribution in [0.4, 0.5) is 4.39 Å². The molecule has 2 aliphatic rings. The van der Waals surface area contributed by atoms with Crippen LogP contribution in [0.1, 0.15) is 23.2 Å². The first-order valence-corrected chi connectivity index (χ1v) is 6.33. The molecule has 0 aliphatic heterocycles. The van der Waals surface area contributed by atoms with Crippen molar-refractivity contribution < 1.29 is 13.9 Å². The van der Waals surface area contributed by atoms with Crippen molar-refractivity contribution in [3.05, 3.63) is 47.8 Å². The van der Waals surface area contributed by atoms with Crippen molar-refractivity contribution in [2.45, 2.75) is 12.8 Å². The third-order valence-electron chi connectivity index (χ3n) is 3.92. The number of hydrogen-bond acceptors (Lipinski definition) is 2. The monoisotopic (exact) mass is 246 g/mol. The minimum absolute atomic E-state index is 0.343. The predicted octanol–water partition coefficient (Wildman–Crippen LogP) is 3.19. The Morgan fingerprint density at radius 2 is 2.00 bits per heavy atom. The summed E-state index contributed by atoms with van der Waals surface area (Å²) in [6, 6.07) is 5.46. The van der Waals surface area contributed by atoms with Gasteiger partial charge in [0.15, 0.2) is 0 Å². The second kappa shape index (κ2) is 4.56. The first-order chi connectivity index (χ1) is 8.72. The second-order valence-electron chi connectivity index (χ2n) is 5.15. The van der Waals surface area contributed by atoms with Crippen molar-refractivity contribution in [2.75, 3.05) is 6.61 Å². The van der Waals surface area contributed by atoms with E-state index < -0.39 is 0 Å². The summed E-state index contributed by atoms with van der Waals surface area (Å²) in [5.74, 6) is 1.02. The molecule has 0 spiro atoms. The van der Waals surface area contributed by atoms with Crippen LogP contribution in [0.25, 0.3) is 0 Å². The Kier molecular flexibility index (Phi) is 2.90. The second-order valence-corrected chi connectivity index (χ2v) is 5.15. The van der Waals surface area contributed by atoms with Gasteiger partial charge in [-0.3, -0.25) is 0 Å². The van der Waals surface area contributed by atoms with Gasteiger partial charge in [-0.25, -0.2) is 9.18 Å². The van der Waals surface area contributed by atoms with Crippen LogP contribution >= 0.6 is 0 Å². The lowest BCUT2D eigenvalue weighted by atomic mass is 9.95. The summed E-state index contributed by atoms with van der Waals surface area (Å²) in [5.41, 5.74) is 0.412. The van der Waals surface area contributed by atoms with Gasteiger partial charge in [0.2, 0.25) is 0 Å². The molecule has 0 aromatic heterocycles. The average Bonchev–Trinajstić information content (AvgIpc) is 2.99. The fourth-order valence-corrected chi connectivity index (χ4v) is 2.94. The maximum atomic E-state index is 12.7. The van der Waals surface area contributed by atoms with Crippen LogP contribution in [0.15, 0.2) is 36.4 Å². The molecule has 1 fully saturated rings. The van der Waals surface area contributed by atoms with Crippen molar-refractivity contribution in [2.24, 2.45) is 17.8 Å². The fourth-order valence-electron chi connectivity index (χ4n) is 2.94. The minimum atomic E-state index is -0.359. The summed E-state index contributed by atoms with van der Waals surface area (Å²) in [5, 5.41) is 0. The van der Waals surface area contributed by atoms with Crippen LogP contribution in [-0.2, 0) is 4.74 Å². The van der Waals surface area contributed by atoms with Crippen LogP contribution in [-0.4, -0.2) is 12.6 Å². The molecule has 0 N–H and O–H groups in total. The van der Waals surface area contributed by atoms with Gasteiger partial charge in [-0.2, -0.15) is 0 Å². The summed E-state index contributed by atoms with van der Waals surface area (Å²) in [4.78, 5) is 11.8. The lowest BCUT2D eigenvalue weighted by molar-refractivity contribution is 0.0420. The molecule has 94 valence electrons. The van der Waals surface area contributed by atoms with Gasteiger partial charge >= 0.3 is 5.97 Å². The molecular weight excluding hydrogens is 231 g/mol. The zero-order chi connectivity index (χ0) is 12.5. The third kappa shape index (κ3) is 2.17. The number of halogens is 1. The summed E-state index contributed by atoms with van der Waals surface area (Å²) in [7, 11) is 0. The molecule has 1 aromatic carbocycles. The van der Waals surface area contributed by atoms with Gasteiger partial charge in [0.05, 0.1) is 12.2 Å². The average molecular weight is 246 g/mol. The van der Waals surface area contributed by atoms with E-state index in [-0.39, 0.29) is 11.8 Å². The van der Waals surface area contributed by atoms with E-state index in [1.807, 2.05) is 0 Å². The standard InChI is InChI=1S/C15H15FO2/c16-14-5-3-11(4-6-14)15(17)18-9-13-8-10-1-2-12(13)7-10/h1-6,10,12-13H,7-9H2. The van der Waals surface area contributed by atoms with Crippen LogP contribution in [0.3, 0.4) is 0 Å². The predicted molar refractivity (Wildman–Crippen MR) is 65.5 cm³/mol. The quantitative estimate of drug-likeness (QED) is 0.604. The van der Waals surface area contributed by atoms with Crippen molar-refractivity contribution in [1.82, 2.24) is 0 Å². The lowest BCUT2D eigenvalue weighted by Crippen LogP contribution is -2.17. The van der Waals surface area contributed by atoms with Crippen LogP contribution < -0.4 is 0 Å². The zero-order valence-corrected chi connectivity index (χ0v) is 10.0. The van der Waals surface area contributed by atoms with E-state index in [2.05, 4.69) is 12.2 Å². The lowest BCUT2D eigenvalue weighted by Gasteiger charge is -2.17. The SMILES string of the molecule is O=C(OCC1CC2C=CC1C2)c1ccc(F)cc1. The molecule has 3 heteroatoms. The molecular formula is C15H15FO2. The number of ether oxygens (including phenoxy) is 1. The van der Waals surface area contributed by atoms with Crippen molar-refractivity contribution >= 4 is 5.97 Å². The van der Waals surface area contributed by atoms with Crippen molar-refractivity contribution in [3.8, 4) is 0 Å². The Morgan fingerprint density at radius 1 is 1.22 bits per heavy atom. The number of hydrogen-bond donors (Lipinski definition) is 0. The van der Waals surface area contributed by atoms with Gasteiger partial charge in [0, 0.05) is 0 Å². The number of carbonyl (C=O) groups is 1. The maximum Gasteiger partial charge on any atom is 0.338 e. The molecule has 3 unspecified atom stereocenters. The van der Waals surface area contributed by atoms with E-state index in [0.29, 0.717) is 29.9 Å². The number of benzene rings is 1. The Bertz CT molecular complexity index is 478. The Labute approximate surface area is 105 Å². The number of fused-ring (bicyclic) bond motifs is 2. The number of rotatable bonds is 3. The van der Waals surface area contributed by atoms with E-state index in [0.717, 1.165) is 6.42 Å². The highest BCUT2D eigenvalue weighted by Gasteiger charge is 2.36. The van der Waals surface area contributed by atoms with E-state index in [1.165, 1.54) is 30.7 Å². The van der Waals surface area contributed by atoms with Crippen LogP contribution in [0.5, 0.6) is 0 Å². The Hall–Kier alpha value is -1.64. The summed E-state index contributed by atoms with van der Waals surface area (Å²) < 4.78 is 18.0. The molecule has 2 bridgehead atoms. The minimum Gasteiger partial charge on any atom is -0.462 e. The zero-order valence-electron chi connectivity index (χ0n) is 10.0. The number of carbonyl (C=O) groups excluding carboxylic acids is 1. The van der Waals surface area contributed by atoms with E-state index in [4.69, 9.17) is 4.74 Å². The van der Waals surface area contributed by atoms with Crippen LogP contribution in [0, 0.1) is 23.6 Å². The molecule has 3 rings (SSSR count). The molecule has 1 saturated carbocycles. The highest BCUT2D eigenvalue weighted by Crippen LogP contribution is 2.43. The molecule has 18 heavy (non-hydrogen) atoms. The molecule has 0 amide bonds.